The van der Waals surface area contributed by atoms with Crippen molar-refractivity contribution in [1.82, 2.24) is 4.98 Å². The molecule has 4 nitrogen and oxygen atoms in total. The molecule has 1 atom stereocenters. The maximum atomic E-state index is 13.4. The van der Waals surface area contributed by atoms with Crippen LogP contribution >= 0.6 is 11.6 Å². The van der Waals surface area contributed by atoms with Crippen LogP contribution < -0.4 is 5.73 Å². The molecule has 0 bridgehead atoms. The molecule has 21 heavy (non-hydrogen) atoms. The van der Waals surface area contributed by atoms with Crippen LogP contribution in [0.2, 0.25) is 5.02 Å². The molecule has 2 aromatic carbocycles. The summed E-state index contributed by atoms with van der Waals surface area (Å²) in [6.45, 7) is 0. The fourth-order valence-electron chi connectivity index (χ4n) is 1.86. The lowest BCUT2D eigenvalue weighted by atomic mass is 10.2. The number of halogens is 2. The Labute approximate surface area is 127 Å². The highest BCUT2D eigenvalue weighted by Gasteiger charge is 2.14. The Morgan fingerprint density at radius 1 is 1.29 bits per heavy atom. The first kappa shape index (κ1) is 14.0. The first-order chi connectivity index (χ1) is 10.0. The topological polar surface area (TPSA) is 69.1 Å². The van der Waals surface area contributed by atoms with Crippen molar-refractivity contribution in [3.63, 3.8) is 0 Å². The van der Waals surface area contributed by atoms with Gasteiger partial charge in [0.1, 0.15) is 22.1 Å². The molecule has 1 unspecified atom stereocenters. The highest BCUT2D eigenvalue weighted by molar-refractivity contribution is 7.84. The standard InChI is InChI=1S/C14H10ClFN2O2S/c15-10-3-1-8(5-11(10)16)7-21(19)14-18-12-6-9(17)2-4-13(12)20-14/h1-6H,7,17H2. The summed E-state index contributed by atoms with van der Waals surface area (Å²) < 4.78 is 31.0. The van der Waals surface area contributed by atoms with Crippen molar-refractivity contribution in [2.24, 2.45) is 0 Å². The lowest BCUT2D eigenvalue weighted by Gasteiger charge is -2.00. The van der Waals surface area contributed by atoms with Crippen molar-refractivity contribution in [1.29, 1.82) is 0 Å². The second kappa shape index (κ2) is 5.46. The summed E-state index contributed by atoms with van der Waals surface area (Å²) in [4.78, 5) is 4.14. The first-order valence-electron chi connectivity index (χ1n) is 6.01. The Hall–Kier alpha value is -1.92. The van der Waals surface area contributed by atoms with E-state index in [4.69, 9.17) is 21.8 Å². The predicted molar refractivity (Wildman–Crippen MR) is 79.9 cm³/mol. The van der Waals surface area contributed by atoms with Crippen LogP contribution in [0.3, 0.4) is 0 Å². The van der Waals surface area contributed by atoms with Gasteiger partial charge in [0, 0.05) is 5.69 Å². The van der Waals surface area contributed by atoms with Crippen molar-refractivity contribution in [2.45, 2.75) is 11.0 Å². The molecular weight excluding hydrogens is 315 g/mol. The summed E-state index contributed by atoms with van der Waals surface area (Å²) in [5, 5.41) is 0.118. The molecule has 1 aromatic heterocycles. The summed E-state index contributed by atoms with van der Waals surface area (Å²) in [6, 6.07) is 9.28. The average Bonchev–Trinajstić information content (AvgIpc) is 2.86. The van der Waals surface area contributed by atoms with Crippen molar-refractivity contribution in [2.75, 3.05) is 5.73 Å². The number of hydrogen-bond acceptors (Lipinski definition) is 4. The minimum Gasteiger partial charge on any atom is -0.430 e. The third-order valence-corrected chi connectivity index (χ3v) is 4.33. The Bertz CT molecular complexity index is 850. The van der Waals surface area contributed by atoms with Gasteiger partial charge >= 0.3 is 0 Å². The summed E-state index contributed by atoms with van der Waals surface area (Å²) in [6.07, 6.45) is 0. The van der Waals surface area contributed by atoms with Gasteiger partial charge < -0.3 is 10.2 Å². The fourth-order valence-corrected chi connectivity index (χ4v) is 2.97. The Balaban J connectivity index is 1.87. The number of nitrogens with zero attached hydrogens (tertiary/aromatic N) is 1. The van der Waals surface area contributed by atoms with Gasteiger partial charge in [0.2, 0.25) is 0 Å². The number of anilines is 1. The SMILES string of the molecule is Nc1ccc2oc(S(=O)Cc3ccc(Cl)c(F)c3)nc2c1. The second-order valence-electron chi connectivity index (χ2n) is 4.45. The summed E-state index contributed by atoms with van der Waals surface area (Å²) in [5.41, 5.74) is 7.81. The van der Waals surface area contributed by atoms with Crippen molar-refractivity contribution >= 4 is 39.2 Å². The van der Waals surface area contributed by atoms with Gasteiger partial charge in [-0.1, -0.05) is 17.7 Å². The van der Waals surface area contributed by atoms with Gasteiger partial charge in [-0.2, -0.15) is 0 Å². The number of benzene rings is 2. The minimum atomic E-state index is -1.52. The lowest BCUT2D eigenvalue weighted by Crippen LogP contribution is -1.97. The van der Waals surface area contributed by atoms with Crippen molar-refractivity contribution < 1.29 is 13.0 Å². The zero-order chi connectivity index (χ0) is 15.0. The molecular formula is C14H10ClFN2O2S. The number of hydrogen-bond donors (Lipinski definition) is 1. The number of rotatable bonds is 3. The summed E-state index contributed by atoms with van der Waals surface area (Å²) >= 11 is 5.61. The van der Waals surface area contributed by atoms with E-state index in [9.17, 15) is 8.60 Å². The maximum absolute atomic E-state index is 13.4. The van der Waals surface area contributed by atoms with E-state index in [1.165, 1.54) is 12.1 Å². The molecule has 3 aromatic rings. The van der Waals surface area contributed by atoms with Crippen LogP contribution in [0.1, 0.15) is 5.56 Å². The molecule has 0 radical (unpaired) electrons. The van der Waals surface area contributed by atoms with Gasteiger partial charge in [-0.05, 0) is 35.9 Å². The molecule has 7 heteroatoms. The van der Waals surface area contributed by atoms with Gasteiger partial charge in [0.15, 0.2) is 5.58 Å². The smallest absolute Gasteiger partial charge is 0.288 e. The van der Waals surface area contributed by atoms with Crippen LogP contribution in [0.4, 0.5) is 10.1 Å². The average molecular weight is 325 g/mol. The minimum absolute atomic E-state index is 0.0295. The zero-order valence-corrected chi connectivity index (χ0v) is 12.2. The first-order valence-corrected chi connectivity index (χ1v) is 7.71. The van der Waals surface area contributed by atoms with E-state index in [0.717, 1.165) is 0 Å². The Morgan fingerprint density at radius 3 is 2.86 bits per heavy atom. The maximum Gasteiger partial charge on any atom is 0.288 e. The van der Waals surface area contributed by atoms with Crippen LogP contribution in [-0.2, 0) is 16.6 Å². The van der Waals surface area contributed by atoms with E-state index in [1.54, 1.807) is 24.3 Å². The predicted octanol–water partition coefficient (Wildman–Crippen LogP) is 3.51. The summed E-state index contributed by atoms with van der Waals surface area (Å²) in [7, 11) is -1.52. The quantitative estimate of drug-likeness (QED) is 0.748. The van der Waals surface area contributed by atoms with Crippen LogP contribution in [0.25, 0.3) is 11.1 Å². The highest BCUT2D eigenvalue weighted by Crippen LogP contribution is 2.22. The van der Waals surface area contributed by atoms with E-state index in [-0.39, 0.29) is 16.0 Å². The molecule has 3 rings (SSSR count). The van der Waals surface area contributed by atoms with E-state index in [2.05, 4.69) is 4.98 Å². The third kappa shape index (κ3) is 2.91. The highest BCUT2D eigenvalue weighted by atomic mass is 35.5. The van der Waals surface area contributed by atoms with Gasteiger partial charge in [-0.25, -0.2) is 13.6 Å². The molecule has 0 amide bonds. The number of nitrogen functional groups attached to an aromatic ring is 1. The fraction of sp³-hybridized carbons (Fsp3) is 0.0714. The van der Waals surface area contributed by atoms with Crippen LogP contribution in [-0.4, -0.2) is 9.19 Å². The molecule has 0 aliphatic rings. The van der Waals surface area contributed by atoms with Gasteiger partial charge in [0.25, 0.3) is 5.22 Å². The van der Waals surface area contributed by atoms with E-state index < -0.39 is 16.6 Å². The van der Waals surface area contributed by atoms with E-state index >= 15 is 0 Å². The number of aromatic nitrogens is 1. The second-order valence-corrected chi connectivity index (χ2v) is 6.18. The molecule has 0 spiro atoms. The van der Waals surface area contributed by atoms with Crippen molar-refractivity contribution in [3.8, 4) is 0 Å². The third-order valence-electron chi connectivity index (χ3n) is 2.87. The molecule has 0 aliphatic heterocycles. The van der Waals surface area contributed by atoms with Gasteiger partial charge in [0.05, 0.1) is 10.8 Å². The van der Waals surface area contributed by atoms with Gasteiger partial charge in [-0.15, -0.1) is 0 Å². The molecule has 1 heterocycles. The lowest BCUT2D eigenvalue weighted by molar-refractivity contribution is 0.477. The Morgan fingerprint density at radius 2 is 2.10 bits per heavy atom. The molecule has 108 valence electrons. The summed E-state index contributed by atoms with van der Waals surface area (Å²) in [5.74, 6) is -0.451. The van der Waals surface area contributed by atoms with E-state index in [1.807, 2.05) is 0 Å². The molecule has 0 fully saturated rings. The molecule has 0 saturated carbocycles. The van der Waals surface area contributed by atoms with Crippen LogP contribution in [0, 0.1) is 5.82 Å². The Kier molecular flexibility index (Phi) is 3.65. The monoisotopic (exact) mass is 324 g/mol. The molecule has 0 aliphatic carbocycles. The molecule has 2 N–H and O–H groups in total. The number of oxazole rings is 1. The molecule has 0 saturated heterocycles. The zero-order valence-electron chi connectivity index (χ0n) is 10.7. The normalized spacial score (nSPS) is 12.7. The van der Waals surface area contributed by atoms with Crippen molar-refractivity contribution in [3.05, 3.63) is 52.8 Å². The number of nitrogens with two attached hydrogens (primary N) is 1. The largest absolute Gasteiger partial charge is 0.430 e. The van der Waals surface area contributed by atoms with Gasteiger partial charge in [-0.3, -0.25) is 0 Å². The number of fused-ring (bicyclic) bond motifs is 1. The van der Waals surface area contributed by atoms with Crippen LogP contribution in [0.15, 0.2) is 46.0 Å². The van der Waals surface area contributed by atoms with E-state index in [0.29, 0.717) is 22.4 Å². The van der Waals surface area contributed by atoms with Crippen LogP contribution in [0.5, 0.6) is 0 Å².